The van der Waals surface area contributed by atoms with Gasteiger partial charge in [-0.2, -0.15) is 0 Å². The van der Waals surface area contributed by atoms with E-state index in [4.69, 9.17) is 10.5 Å². The molecule has 0 aliphatic heterocycles. The summed E-state index contributed by atoms with van der Waals surface area (Å²) in [5.74, 6) is 0. The van der Waals surface area contributed by atoms with Crippen LogP contribution in [-0.2, 0) is 11.3 Å². The smallest absolute Gasteiger partial charge is 0.269 e. The quantitative estimate of drug-likeness (QED) is 0.640. The Kier molecular flexibility index (Phi) is 3.71. The lowest BCUT2D eigenvalue weighted by Gasteiger charge is -2.11. The van der Waals surface area contributed by atoms with Crippen LogP contribution < -0.4 is 5.73 Å². The Hall–Kier alpha value is -1.46. The van der Waals surface area contributed by atoms with Crippen molar-refractivity contribution in [2.75, 3.05) is 0 Å². The molecule has 0 radical (unpaired) electrons. The van der Waals surface area contributed by atoms with E-state index in [-0.39, 0.29) is 17.8 Å². The summed E-state index contributed by atoms with van der Waals surface area (Å²) >= 11 is 0. The van der Waals surface area contributed by atoms with E-state index in [1.54, 1.807) is 12.1 Å². The number of non-ortho nitro benzene ring substituents is 1. The minimum absolute atomic E-state index is 0.106. The first-order valence-corrected chi connectivity index (χ1v) is 5.75. The van der Waals surface area contributed by atoms with Gasteiger partial charge in [0.1, 0.15) is 0 Å². The van der Waals surface area contributed by atoms with Crippen molar-refractivity contribution in [1.29, 1.82) is 0 Å². The zero-order valence-electron chi connectivity index (χ0n) is 9.54. The average Bonchev–Trinajstić information content (AvgIpc) is 2.73. The molecule has 1 fully saturated rings. The Morgan fingerprint density at radius 3 is 2.94 bits per heavy atom. The van der Waals surface area contributed by atoms with E-state index in [1.165, 1.54) is 6.07 Å². The maximum atomic E-state index is 10.6. The van der Waals surface area contributed by atoms with Gasteiger partial charge in [0.05, 0.1) is 17.6 Å². The summed E-state index contributed by atoms with van der Waals surface area (Å²) in [5.41, 5.74) is 6.73. The van der Waals surface area contributed by atoms with E-state index < -0.39 is 4.92 Å². The van der Waals surface area contributed by atoms with Crippen LogP contribution in [0, 0.1) is 10.1 Å². The highest BCUT2D eigenvalue weighted by Crippen LogP contribution is 2.22. The zero-order valence-corrected chi connectivity index (χ0v) is 9.54. The van der Waals surface area contributed by atoms with Crippen molar-refractivity contribution in [3.63, 3.8) is 0 Å². The molecular formula is C12H16N2O3. The molecule has 1 aliphatic carbocycles. The van der Waals surface area contributed by atoms with Crippen molar-refractivity contribution < 1.29 is 9.66 Å². The van der Waals surface area contributed by atoms with Gasteiger partial charge < -0.3 is 10.5 Å². The van der Waals surface area contributed by atoms with Gasteiger partial charge in [-0.15, -0.1) is 0 Å². The van der Waals surface area contributed by atoms with Gasteiger partial charge in [-0.05, 0) is 24.8 Å². The summed E-state index contributed by atoms with van der Waals surface area (Å²) < 4.78 is 5.69. The normalized spacial score (nSPS) is 23.8. The first kappa shape index (κ1) is 12.0. The molecule has 2 atom stereocenters. The van der Waals surface area contributed by atoms with Gasteiger partial charge in [0.2, 0.25) is 0 Å². The standard InChI is InChI=1S/C12H16N2O3/c13-10-4-5-12(7-10)17-8-9-2-1-3-11(6-9)14(15)16/h1-3,6,10,12H,4-5,7-8,13H2. The lowest BCUT2D eigenvalue weighted by molar-refractivity contribution is -0.385. The van der Waals surface area contributed by atoms with E-state index >= 15 is 0 Å². The first-order valence-electron chi connectivity index (χ1n) is 5.75. The molecule has 2 N–H and O–H groups in total. The molecule has 0 spiro atoms. The number of nitro benzene ring substituents is 1. The van der Waals surface area contributed by atoms with E-state index in [0.717, 1.165) is 24.8 Å². The van der Waals surface area contributed by atoms with Crippen LogP contribution in [0.4, 0.5) is 5.69 Å². The van der Waals surface area contributed by atoms with Crippen molar-refractivity contribution in [1.82, 2.24) is 0 Å². The fourth-order valence-corrected chi connectivity index (χ4v) is 2.10. The molecule has 2 rings (SSSR count). The molecular weight excluding hydrogens is 220 g/mol. The van der Waals surface area contributed by atoms with Crippen LogP contribution in [0.1, 0.15) is 24.8 Å². The second-order valence-electron chi connectivity index (χ2n) is 4.43. The Morgan fingerprint density at radius 2 is 2.29 bits per heavy atom. The summed E-state index contributed by atoms with van der Waals surface area (Å²) in [6.45, 7) is 0.416. The third-order valence-corrected chi connectivity index (χ3v) is 3.03. The minimum Gasteiger partial charge on any atom is -0.373 e. The number of nitro groups is 1. The lowest BCUT2D eigenvalue weighted by Crippen LogP contribution is -2.17. The number of nitrogens with zero attached hydrogens (tertiary/aromatic N) is 1. The molecule has 92 valence electrons. The summed E-state index contributed by atoms with van der Waals surface area (Å²) in [6, 6.07) is 6.79. The number of hydrogen-bond acceptors (Lipinski definition) is 4. The maximum absolute atomic E-state index is 10.6. The topological polar surface area (TPSA) is 78.4 Å². The number of rotatable bonds is 4. The van der Waals surface area contributed by atoms with Crippen LogP contribution in [0.15, 0.2) is 24.3 Å². The molecule has 0 bridgehead atoms. The fourth-order valence-electron chi connectivity index (χ4n) is 2.10. The van der Waals surface area contributed by atoms with Crippen molar-refractivity contribution in [3.05, 3.63) is 39.9 Å². The molecule has 1 saturated carbocycles. The third-order valence-electron chi connectivity index (χ3n) is 3.03. The molecule has 0 amide bonds. The lowest BCUT2D eigenvalue weighted by atomic mass is 10.2. The molecule has 1 aromatic rings. The Balaban J connectivity index is 1.90. The predicted molar refractivity (Wildman–Crippen MR) is 63.5 cm³/mol. The number of ether oxygens (including phenoxy) is 1. The number of nitrogens with two attached hydrogens (primary N) is 1. The van der Waals surface area contributed by atoms with E-state index in [1.807, 2.05) is 6.07 Å². The van der Waals surface area contributed by atoms with Crippen molar-refractivity contribution in [2.45, 2.75) is 38.0 Å². The second-order valence-corrected chi connectivity index (χ2v) is 4.43. The zero-order chi connectivity index (χ0) is 12.3. The van der Waals surface area contributed by atoms with E-state index in [2.05, 4.69) is 0 Å². The Morgan fingerprint density at radius 1 is 1.47 bits per heavy atom. The van der Waals surface area contributed by atoms with Gasteiger partial charge in [0, 0.05) is 18.2 Å². The summed E-state index contributed by atoms with van der Waals surface area (Å²) in [4.78, 5) is 10.2. The van der Waals surface area contributed by atoms with Crippen LogP contribution in [0.5, 0.6) is 0 Å². The SMILES string of the molecule is NC1CCC(OCc2cccc([N+](=O)[O-])c2)C1. The van der Waals surface area contributed by atoms with Crippen molar-refractivity contribution in [2.24, 2.45) is 5.73 Å². The molecule has 17 heavy (non-hydrogen) atoms. The maximum Gasteiger partial charge on any atom is 0.269 e. The van der Waals surface area contributed by atoms with Gasteiger partial charge in [-0.25, -0.2) is 0 Å². The highest BCUT2D eigenvalue weighted by atomic mass is 16.6. The van der Waals surface area contributed by atoms with E-state index in [0.29, 0.717) is 6.61 Å². The van der Waals surface area contributed by atoms with Crippen LogP contribution in [0.25, 0.3) is 0 Å². The monoisotopic (exact) mass is 236 g/mol. The van der Waals surface area contributed by atoms with Crippen LogP contribution in [0.2, 0.25) is 0 Å². The van der Waals surface area contributed by atoms with Crippen molar-refractivity contribution >= 4 is 5.69 Å². The van der Waals surface area contributed by atoms with Gasteiger partial charge in [0.25, 0.3) is 5.69 Å². The second kappa shape index (κ2) is 5.25. The van der Waals surface area contributed by atoms with Crippen LogP contribution in [-0.4, -0.2) is 17.1 Å². The molecule has 1 aliphatic rings. The highest BCUT2D eigenvalue weighted by Gasteiger charge is 2.22. The van der Waals surface area contributed by atoms with Crippen LogP contribution >= 0.6 is 0 Å². The molecule has 0 saturated heterocycles. The van der Waals surface area contributed by atoms with Gasteiger partial charge in [-0.3, -0.25) is 10.1 Å². The van der Waals surface area contributed by atoms with Gasteiger partial charge in [-0.1, -0.05) is 12.1 Å². The summed E-state index contributed by atoms with van der Waals surface area (Å²) in [6.07, 6.45) is 3.06. The van der Waals surface area contributed by atoms with Crippen molar-refractivity contribution in [3.8, 4) is 0 Å². The Bertz CT molecular complexity index is 408. The summed E-state index contributed by atoms with van der Waals surface area (Å²) in [7, 11) is 0. The molecule has 0 heterocycles. The largest absolute Gasteiger partial charge is 0.373 e. The minimum atomic E-state index is -0.394. The molecule has 5 heteroatoms. The fraction of sp³-hybridized carbons (Fsp3) is 0.500. The van der Waals surface area contributed by atoms with Gasteiger partial charge in [0.15, 0.2) is 0 Å². The number of benzene rings is 1. The Labute approximate surface area is 99.7 Å². The average molecular weight is 236 g/mol. The van der Waals surface area contributed by atoms with E-state index in [9.17, 15) is 10.1 Å². The molecule has 5 nitrogen and oxygen atoms in total. The highest BCUT2D eigenvalue weighted by molar-refractivity contribution is 5.33. The molecule has 1 aromatic carbocycles. The third kappa shape index (κ3) is 3.25. The predicted octanol–water partition coefficient (Wildman–Crippen LogP) is 1.99. The van der Waals surface area contributed by atoms with Gasteiger partial charge >= 0.3 is 0 Å². The first-order chi connectivity index (χ1) is 8.15. The molecule has 0 aromatic heterocycles. The number of hydrogen-bond donors (Lipinski definition) is 1. The molecule has 2 unspecified atom stereocenters. The van der Waals surface area contributed by atoms with Crippen LogP contribution in [0.3, 0.4) is 0 Å². The summed E-state index contributed by atoms with van der Waals surface area (Å²) in [5, 5.41) is 10.6.